The number of ether oxygens (including phenoxy) is 1. The van der Waals surface area contributed by atoms with Gasteiger partial charge in [-0.3, -0.25) is 9.59 Å². The summed E-state index contributed by atoms with van der Waals surface area (Å²) >= 11 is 4.32. The molecular formula is C26H43N3O4S. The summed E-state index contributed by atoms with van der Waals surface area (Å²) in [6.45, 7) is 17.3. The highest BCUT2D eigenvalue weighted by molar-refractivity contribution is 7.80. The van der Waals surface area contributed by atoms with Crippen molar-refractivity contribution in [1.29, 1.82) is 0 Å². The second-order valence-corrected chi connectivity index (χ2v) is 11.1. The molecule has 0 saturated heterocycles. The summed E-state index contributed by atoms with van der Waals surface area (Å²) in [6.07, 6.45) is 0.856. The van der Waals surface area contributed by atoms with Gasteiger partial charge < -0.3 is 20.3 Å². The molecule has 3 amide bonds. The van der Waals surface area contributed by atoms with Crippen LogP contribution in [-0.4, -0.2) is 52.3 Å². The number of aryl methyl sites for hydroxylation is 2. The van der Waals surface area contributed by atoms with Crippen LogP contribution in [0, 0.1) is 13.8 Å². The standard InChI is InChI=1S/C26H43N3O4S/c1-10-11-14-29(23(31)20(16-34)27-24(32)33-26(7,8)9)21(22(30)28-25(4,5)6)19-15-17(2)12-13-18(19)3/h12-13,15,20-21,34H,10-11,14,16H2,1-9H3,(H,27,32)(H,28,30). The summed E-state index contributed by atoms with van der Waals surface area (Å²) in [6, 6.07) is 4.10. The number of alkyl carbamates (subject to hydrolysis) is 1. The summed E-state index contributed by atoms with van der Waals surface area (Å²) in [7, 11) is 0. The van der Waals surface area contributed by atoms with Crippen molar-refractivity contribution in [2.24, 2.45) is 0 Å². The Bertz CT molecular complexity index is 859. The van der Waals surface area contributed by atoms with Gasteiger partial charge in [-0.25, -0.2) is 4.79 Å². The molecule has 0 heterocycles. The molecule has 0 saturated carbocycles. The maximum Gasteiger partial charge on any atom is 0.408 e. The minimum atomic E-state index is -0.940. The van der Waals surface area contributed by atoms with Crippen molar-refractivity contribution in [1.82, 2.24) is 15.5 Å². The fourth-order valence-corrected chi connectivity index (χ4v) is 3.72. The van der Waals surface area contributed by atoms with Crippen LogP contribution in [-0.2, 0) is 14.3 Å². The van der Waals surface area contributed by atoms with Crippen molar-refractivity contribution >= 4 is 30.5 Å². The molecule has 0 aliphatic carbocycles. The van der Waals surface area contributed by atoms with E-state index in [1.807, 2.05) is 59.7 Å². The molecule has 1 aromatic carbocycles. The minimum Gasteiger partial charge on any atom is -0.444 e. The van der Waals surface area contributed by atoms with Gasteiger partial charge in [0, 0.05) is 17.8 Å². The molecule has 1 aromatic rings. The van der Waals surface area contributed by atoms with E-state index >= 15 is 0 Å². The van der Waals surface area contributed by atoms with E-state index in [-0.39, 0.29) is 17.6 Å². The Morgan fingerprint density at radius 2 is 1.71 bits per heavy atom. The van der Waals surface area contributed by atoms with E-state index in [2.05, 4.69) is 23.3 Å². The molecule has 0 aromatic heterocycles. The first-order valence-corrected chi connectivity index (χ1v) is 12.5. The van der Waals surface area contributed by atoms with Crippen LogP contribution in [0.15, 0.2) is 18.2 Å². The maximum absolute atomic E-state index is 13.8. The number of nitrogens with one attached hydrogen (secondary N) is 2. The zero-order valence-electron chi connectivity index (χ0n) is 22.2. The van der Waals surface area contributed by atoms with Crippen LogP contribution in [0.2, 0.25) is 0 Å². The molecule has 0 spiro atoms. The normalized spacial score (nSPS) is 13.6. The molecule has 0 bridgehead atoms. The van der Waals surface area contributed by atoms with Crippen molar-refractivity contribution in [3.8, 4) is 0 Å². The fourth-order valence-electron chi connectivity index (χ4n) is 3.47. The van der Waals surface area contributed by atoms with Gasteiger partial charge in [0.15, 0.2) is 0 Å². The van der Waals surface area contributed by atoms with E-state index < -0.39 is 29.3 Å². The van der Waals surface area contributed by atoms with E-state index in [0.29, 0.717) is 13.0 Å². The fraction of sp³-hybridized carbons (Fsp3) is 0.654. The Hall–Kier alpha value is -2.22. The van der Waals surface area contributed by atoms with Gasteiger partial charge in [0.25, 0.3) is 0 Å². The number of thiol groups is 1. The van der Waals surface area contributed by atoms with Crippen molar-refractivity contribution in [2.45, 2.75) is 98.4 Å². The minimum absolute atomic E-state index is 0.0705. The highest BCUT2D eigenvalue weighted by Crippen LogP contribution is 2.28. The topological polar surface area (TPSA) is 87.7 Å². The van der Waals surface area contributed by atoms with E-state index in [0.717, 1.165) is 23.1 Å². The molecule has 7 nitrogen and oxygen atoms in total. The van der Waals surface area contributed by atoms with Crippen molar-refractivity contribution in [3.05, 3.63) is 34.9 Å². The van der Waals surface area contributed by atoms with Crippen LogP contribution in [0.3, 0.4) is 0 Å². The summed E-state index contributed by atoms with van der Waals surface area (Å²) in [5.41, 5.74) is 1.49. The van der Waals surface area contributed by atoms with Crippen LogP contribution in [0.25, 0.3) is 0 Å². The summed E-state index contributed by atoms with van der Waals surface area (Å²) in [5.74, 6) is -0.564. The Balaban J connectivity index is 3.49. The molecule has 2 N–H and O–H groups in total. The molecule has 0 aliphatic heterocycles. The predicted octanol–water partition coefficient (Wildman–Crippen LogP) is 4.71. The molecule has 0 aliphatic rings. The largest absolute Gasteiger partial charge is 0.444 e. The average Bonchev–Trinajstić information content (AvgIpc) is 2.68. The predicted molar refractivity (Wildman–Crippen MR) is 140 cm³/mol. The smallest absolute Gasteiger partial charge is 0.408 e. The molecule has 8 heteroatoms. The SMILES string of the molecule is CCCCN(C(=O)C(CS)NC(=O)OC(C)(C)C)C(C(=O)NC(C)(C)C)c1cc(C)ccc1C. The third-order valence-electron chi connectivity index (χ3n) is 4.99. The number of carbonyl (C=O) groups is 3. The van der Waals surface area contributed by atoms with Gasteiger partial charge in [0.2, 0.25) is 11.8 Å². The van der Waals surface area contributed by atoms with Gasteiger partial charge in [0.05, 0.1) is 0 Å². The number of nitrogens with zero attached hydrogens (tertiary/aromatic N) is 1. The van der Waals surface area contributed by atoms with E-state index in [1.165, 1.54) is 0 Å². The highest BCUT2D eigenvalue weighted by atomic mass is 32.1. The van der Waals surface area contributed by atoms with Crippen molar-refractivity contribution in [2.75, 3.05) is 12.3 Å². The lowest BCUT2D eigenvalue weighted by atomic mass is 9.95. The number of hydrogen-bond donors (Lipinski definition) is 3. The molecule has 34 heavy (non-hydrogen) atoms. The van der Waals surface area contributed by atoms with Crippen LogP contribution < -0.4 is 10.6 Å². The van der Waals surface area contributed by atoms with Gasteiger partial charge in [-0.2, -0.15) is 12.6 Å². The third-order valence-corrected chi connectivity index (χ3v) is 5.36. The number of hydrogen-bond acceptors (Lipinski definition) is 5. The highest BCUT2D eigenvalue weighted by Gasteiger charge is 2.37. The van der Waals surface area contributed by atoms with Gasteiger partial charge in [-0.15, -0.1) is 0 Å². The Labute approximate surface area is 210 Å². The lowest BCUT2D eigenvalue weighted by Gasteiger charge is -2.36. The lowest BCUT2D eigenvalue weighted by molar-refractivity contribution is -0.142. The van der Waals surface area contributed by atoms with Crippen LogP contribution in [0.1, 0.15) is 84.0 Å². The van der Waals surface area contributed by atoms with Gasteiger partial charge in [-0.1, -0.05) is 37.1 Å². The molecule has 0 radical (unpaired) electrons. The Kier molecular flexibility index (Phi) is 10.9. The van der Waals surface area contributed by atoms with Gasteiger partial charge >= 0.3 is 6.09 Å². The van der Waals surface area contributed by atoms with Crippen molar-refractivity contribution < 1.29 is 19.1 Å². The number of unbranched alkanes of at least 4 members (excludes halogenated alkanes) is 1. The monoisotopic (exact) mass is 493 g/mol. The third kappa shape index (κ3) is 9.57. The number of carbonyl (C=O) groups excluding carboxylic acids is 3. The summed E-state index contributed by atoms with van der Waals surface area (Å²) < 4.78 is 5.34. The van der Waals surface area contributed by atoms with Crippen LogP contribution >= 0.6 is 12.6 Å². The average molecular weight is 494 g/mol. The second kappa shape index (κ2) is 12.5. The second-order valence-electron chi connectivity index (χ2n) is 10.8. The van der Waals surface area contributed by atoms with E-state index in [9.17, 15) is 14.4 Å². The van der Waals surface area contributed by atoms with E-state index in [4.69, 9.17) is 4.74 Å². The summed E-state index contributed by atoms with van der Waals surface area (Å²) in [4.78, 5) is 41.4. The van der Waals surface area contributed by atoms with Crippen LogP contribution in [0.4, 0.5) is 4.79 Å². The maximum atomic E-state index is 13.8. The Morgan fingerprint density at radius 1 is 1.09 bits per heavy atom. The number of benzene rings is 1. The zero-order chi connectivity index (χ0) is 26.3. The van der Waals surface area contributed by atoms with Gasteiger partial charge in [-0.05, 0) is 72.9 Å². The first-order chi connectivity index (χ1) is 15.6. The first-order valence-electron chi connectivity index (χ1n) is 11.9. The van der Waals surface area contributed by atoms with Crippen molar-refractivity contribution in [3.63, 3.8) is 0 Å². The Morgan fingerprint density at radius 3 is 2.21 bits per heavy atom. The quantitative estimate of drug-likeness (QED) is 0.435. The number of rotatable bonds is 9. The molecule has 1 rings (SSSR count). The van der Waals surface area contributed by atoms with Gasteiger partial charge in [0.1, 0.15) is 17.7 Å². The van der Waals surface area contributed by atoms with Crippen LogP contribution in [0.5, 0.6) is 0 Å². The summed E-state index contributed by atoms with van der Waals surface area (Å²) in [5, 5.41) is 5.68. The number of amides is 3. The molecule has 192 valence electrons. The molecular weight excluding hydrogens is 450 g/mol. The lowest BCUT2D eigenvalue weighted by Crippen LogP contribution is -2.55. The molecule has 0 fully saturated rings. The van der Waals surface area contributed by atoms with E-state index in [1.54, 1.807) is 25.7 Å². The first kappa shape index (κ1) is 29.8. The molecule has 2 unspecified atom stereocenters. The molecule has 2 atom stereocenters. The zero-order valence-corrected chi connectivity index (χ0v) is 23.1.